The molecule has 7 heteroatoms. The van der Waals surface area contributed by atoms with E-state index in [0.717, 1.165) is 31.2 Å². The van der Waals surface area contributed by atoms with Crippen LogP contribution in [0.25, 0.3) is 0 Å². The van der Waals surface area contributed by atoms with Gasteiger partial charge in [0.1, 0.15) is 17.6 Å². The molecule has 1 atom stereocenters. The molecule has 0 saturated heterocycles. The first kappa shape index (κ1) is 24.1. The van der Waals surface area contributed by atoms with E-state index in [4.69, 9.17) is 16.3 Å². The number of hydrogen-bond acceptors (Lipinski definition) is 3. The molecular formula is C25H30ClFN2O3. The molecule has 2 aromatic rings. The number of rotatable bonds is 9. The molecule has 2 aromatic carbocycles. The summed E-state index contributed by atoms with van der Waals surface area (Å²) in [5.41, 5.74) is 0.996. The molecule has 5 nitrogen and oxygen atoms in total. The van der Waals surface area contributed by atoms with Crippen molar-refractivity contribution in [3.63, 3.8) is 0 Å². The van der Waals surface area contributed by atoms with Crippen LogP contribution in [-0.4, -0.2) is 35.9 Å². The fourth-order valence-corrected chi connectivity index (χ4v) is 4.40. The van der Waals surface area contributed by atoms with Crippen LogP contribution in [0.15, 0.2) is 42.5 Å². The normalized spacial score (nSPS) is 14.8. The minimum Gasteiger partial charge on any atom is -0.497 e. The van der Waals surface area contributed by atoms with Gasteiger partial charge in [0, 0.05) is 23.2 Å². The monoisotopic (exact) mass is 460 g/mol. The summed E-state index contributed by atoms with van der Waals surface area (Å²) in [5, 5.41) is 3.30. The third-order valence-corrected chi connectivity index (χ3v) is 6.34. The summed E-state index contributed by atoms with van der Waals surface area (Å²) in [6, 6.07) is 11.2. The third-order valence-electron chi connectivity index (χ3n) is 5.99. The van der Waals surface area contributed by atoms with E-state index in [9.17, 15) is 14.0 Å². The van der Waals surface area contributed by atoms with Crippen LogP contribution in [0.3, 0.4) is 0 Å². The second-order valence-corrected chi connectivity index (χ2v) is 8.57. The lowest BCUT2D eigenvalue weighted by Gasteiger charge is -2.31. The van der Waals surface area contributed by atoms with Gasteiger partial charge in [-0.2, -0.15) is 0 Å². The number of benzene rings is 2. The zero-order valence-electron chi connectivity index (χ0n) is 18.6. The average Bonchev–Trinajstić information content (AvgIpc) is 3.29. The highest BCUT2D eigenvalue weighted by molar-refractivity contribution is 6.31. The summed E-state index contributed by atoms with van der Waals surface area (Å²) >= 11 is 6.16. The molecule has 0 radical (unpaired) electrons. The molecule has 0 spiro atoms. The van der Waals surface area contributed by atoms with Crippen LogP contribution in [0.1, 0.15) is 50.2 Å². The number of carbonyl (C=O) groups excluding carboxylic acids is 2. The molecule has 1 aliphatic carbocycles. The molecule has 0 aromatic heterocycles. The van der Waals surface area contributed by atoms with E-state index in [-0.39, 0.29) is 41.4 Å². The number of methoxy groups -OCH3 is 1. The van der Waals surface area contributed by atoms with E-state index in [1.165, 1.54) is 17.0 Å². The molecule has 1 fully saturated rings. The maximum Gasteiger partial charge on any atom is 0.243 e. The van der Waals surface area contributed by atoms with Crippen molar-refractivity contribution < 1.29 is 18.7 Å². The fourth-order valence-electron chi connectivity index (χ4n) is 4.17. The Balaban J connectivity index is 1.85. The second kappa shape index (κ2) is 11.3. The lowest BCUT2D eigenvalue weighted by atomic mass is 10.1. The van der Waals surface area contributed by atoms with E-state index < -0.39 is 11.9 Å². The van der Waals surface area contributed by atoms with Crippen molar-refractivity contribution >= 4 is 23.4 Å². The Morgan fingerprint density at radius 1 is 1.19 bits per heavy atom. The zero-order chi connectivity index (χ0) is 23.1. The van der Waals surface area contributed by atoms with Crippen molar-refractivity contribution in [3.8, 4) is 5.75 Å². The minimum absolute atomic E-state index is 0.143. The zero-order valence-corrected chi connectivity index (χ0v) is 19.3. The van der Waals surface area contributed by atoms with Gasteiger partial charge >= 0.3 is 0 Å². The molecule has 0 heterocycles. The average molecular weight is 461 g/mol. The quantitative estimate of drug-likeness (QED) is 0.579. The summed E-state index contributed by atoms with van der Waals surface area (Å²) in [5.74, 6) is -0.336. The van der Waals surface area contributed by atoms with Crippen LogP contribution in [0.2, 0.25) is 5.02 Å². The number of amides is 2. The van der Waals surface area contributed by atoms with Gasteiger partial charge < -0.3 is 15.0 Å². The number of ether oxygens (including phenoxy) is 1. The van der Waals surface area contributed by atoms with Crippen molar-refractivity contribution in [1.29, 1.82) is 0 Å². The number of halogens is 2. The molecule has 1 unspecified atom stereocenters. The fraction of sp³-hybridized carbons (Fsp3) is 0.440. The van der Waals surface area contributed by atoms with Gasteiger partial charge in [-0.3, -0.25) is 9.59 Å². The highest BCUT2D eigenvalue weighted by atomic mass is 35.5. The predicted molar refractivity (Wildman–Crippen MR) is 123 cm³/mol. The maximum absolute atomic E-state index is 14.3. The topological polar surface area (TPSA) is 58.6 Å². The van der Waals surface area contributed by atoms with Crippen LogP contribution < -0.4 is 10.1 Å². The Labute approximate surface area is 193 Å². The highest BCUT2D eigenvalue weighted by Gasteiger charge is 2.31. The highest BCUT2D eigenvalue weighted by Crippen LogP contribution is 2.23. The summed E-state index contributed by atoms with van der Waals surface area (Å²) in [4.78, 5) is 28.0. The summed E-state index contributed by atoms with van der Waals surface area (Å²) in [6.45, 7) is 2.11. The number of hydrogen-bond donors (Lipinski definition) is 1. The van der Waals surface area contributed by atoms with Crippen molar-refractivity contribution in [3.05, 3.63) is 64.4 Å². The van der Waals surface area contributed by atoms with E-state index >= 15 is 0 Å². The van der Waals surface area contributed by atoms with E-state index in [1.54, 1.807) is 13.2 Å². The molecule has 1 saturated carbocycles. The first-order valence-electron chi connectivity index (χ1n) is 11.1. The Morgan fingerprint density at radius 3 is 2.47 bits per heavy atom. The maximum atomic E-state index is 14.3. The summed E-state index contributed by atoms with van der Waals surface area (Å²) < 4.78 is 19.6. The number of nitrogens with zero attached hydrogens (tertiary/aromatic N) is 1. The van der Waals surface area contributed by atoms with Crippen molar-refractivity contribution in [2.45, 2.75) is 64.1 Å². The van der Waals surface area contributed by atoms with E-state index in [0.29, 0.717) is 12.2 Å². The van der Waals surface area contributed by atoms with Gasteiger partial charge in [-0.25, -0.2) is 4.39 Å². The van der Waals surface area contributed by atoms with Crippen LogP contribution >= 0.6 is 11.6 Å². The van der Waals surface area contributed by atoms with E-state index in [1.807, 2.05) is 31.2 Å². The Hall–Kier alpha value is -2.60. The summed E-state index contributed by atoms with van der Waals surface area (Å²) in [7, 11) is 1.59. The predicted octanol–water partition coefficient (Wildman–Crippen LogP) is 4.90. The lowest BCUT2D eigenvalue weighted by molar-refractivity contribution is -0.141. The first-order valence-corrected chi connectivity index (χ1v) is 11.5. The van der Waals surface area contributed by atoms with Gasteiger partial charge in [0.25, 0.3) is 0 Å². The Morgan fingerprint density at radius 2 is 1.88 bits per heavy atom. The standard InChI is InChI=1S/C25H30ClFN2O3/c1-3-23(25(31)28-18-7-4-5-8-18)29(16-17-11-13-19(32-2)14-12-17)24(30)15-20-21(26)9-6-10-22(20)27/h6,9-14,18,23H,3-5,7-8,15-16H2,1-2H3,(H,28,31). The molecule has 1 N–H and O–H groups in total. The molecule has 3 rings (SSSR count). The lowest BCUT2D eigenvalue weighted by Crippen LogP contribution is -2.51. The molecule has 0 bridgehead atoms. The van der Waals surface area contributed by atoms with Crippen LogP contribution in [0.4, 0.5) is 4.39 Å². The molecule has 1 aliphatic rings. The second-order valence-electron chi connectivity index (χ2n) is 8.16. The van der Waals surface area contributed by atoms with Crippen LogP contribution in [0.5, 0.6) is 5.75 Å². The molecule has 32 heavy (non-hydrogen) atoms. The van der Waals surface area contributed by atoms with Gasteiger partial charge in [0.2, 0.25) is 11.8 Å². The van der Waals surface area contributed by atoms with Crippen molar-refractivity contribution in [1.82, 2.24) is 10.2 Å². The van der Waals surface area contributed by atoms with Crippen molar-refractivity contribution in [2.75, 3.05) is 7.11 Å². The van der Waals surface area contributed by atoms with Crippen LogP contribution in [-0.2, 0) is 22.6 Å². The Bertz CT molecular complexity index is 909. The molecule has 172 valence electrons. The smallest absolute Gasteiger partial charge is 0.243 e. The number of carbonyl (C=O) groups is 2. The van der Waals surface area contributed by atoms with Gasteiger partial charge in [0.05, 0.1) is 13.5 Å². The molecule has 0 aliphatic heterocycles. The van der Waals surface area contributed by atoms with Crippen LogP contribution in [0, 0.1) is 5.82 Å². The first-order chi connectivity index (χ1) is 15.4. The largest absolute Gasteiger partial charge is 0.497 e. The minimum atomic E-state index is -0.657. The SMILES string of the molecule is CCC(C(=O)NC1CCCC1)N(Cc1ccc(OC)cc1)C(=O)Cc1c(F)cccc1Cl. The third kappa shape index (κ3) is 6.00. The van der Waals surface area contributed by atoms with E-state index in [2.05, 4.69) is 5.32 Å². The van der Waals surface area contributed by atoms with Gasteiger partial charge in [-0.1, -0.05) is 49.6 Å². The number of nitrogens with one attached hydrogen (secondary N) is 1. The van der Waals surface area contributed by atoms with Gasteiger partial charge in [0.15, 0.2) is 0 Å². The summed E-state index contributed by atoms with van der Waals surface area (Å²) in [6.07, 6.45) is 4.35. The molecule has 2 amide bonds. The van der Waals surface area contributed by atoms with Gasteiger partial charge in [-0.15, -0.1) is 0 Å². The van der Waals surface area contributed by atoms with Gasteiger partial charge in [-0.05, 0) is 49.1 Å². The Kier molecular flexibility index (Phi) is 8.51. The molecular weight excluding hydrogens is 431 g/mol. The van der Waals surface area contributed by atoms with Crippen molar-refractivity contribution in [2.24, 2.45) is 0 Å².